The third-order valence-corrected chi connectivity index (χ3v) is 4.38. The van der Waals surface area contributed by atoms with Gasteiger partial charge in [-0.05, 0) is 19.8 Å². The van der Waals surface area contributed by atoms with Crippen molar-refractivity contribution in [3.05, 3.63) is 12.0 Å². The molecule has 3 nitrogen and oxygen atoms in total. The predicted octanol–water partition coefficient (Wildman–Crippen LogP) is 3.13. The Balaban J connectivity index is 1.95. The van der Waals surface area contributed by atoms with Crippen LogP contribution in [0.15, 0.2) is 15.9 Å². The molecule has 2 unspecified atom stereocenters. The highest BCUT2D eigenvalue weighted by atomic mass is 32.2. The number of aryl methyl sites for hydroxylation is 1. The summed E-state index contributed by atoms with van der Waals surface area (Å²) in [6.45, 7) is 1.95. The molecule has 1 fully saturated rings. The second-order valence-electron chi connectivity index (χ2n) is 4.57. The molecule has 0 spiro atoms. The maximum atomic E-state index is 6.21. The van der Waals surface area contributed by atoms with Crippen LogP contribution < -0.4 is 5.73 Å². The van der Waals surface area contributed by atoms with Crippen LogP contribution >= 0.6 is 11.8 Å². The van der Waals surface area contributed by atoms with Crippen LogP contribution in [0.25, 0.3) is 0 Å². The SMILES string of the molecule is Cc1coc(SC2CCCCCCC2N)n1. The van der Waals surface area contributed by atoms with Gasteiger partial charge in [0.2, 0.25) is 0 Å². The summed E-state index contributed by atoms with van der Waals surface area (Å²) < 4.78 is 5.38. The molecule has 0 saturated heterocycles. The smallest absolute Gasteiger partial charge is 0.256 e. The molecule has 0 amide bonds. The molecule has 2 atom stereocenters. The number of nitrogens with two attached hydrogens (primary N) is 1. The van der Waals surface area contributed by atoms with Crippen LogP contribution in [0.3, 0.4) is 0 Å². The van der Waals surface area contributed by atoms with E-state index >= 15 is 0 Å². The predicted molar refractivity (Wildman–Crippen MR) is 66.6 cm³/mol. The van der Waals surface area contributed by atoms with Gasteiger partial charge in [0.05, 0.1) is 5.69 Å². The van der Waals surface area contributed by atoms with Crippen molar-refractivity contribution in [3.8, 4) is 0 Å². The molecule has 4 heteroatoms. The lowest BCUT2D eigenvalue weighted by atomic mass is 9.97. The molecular weight excluding hydrogens is 220 g/mol. The zero-order valence-corrected chi connectivity index (χ0v) is 10.6. The molecule has 2 N–H and O–H groups in total. The molecule has 1 aromatic heterocycles. The van der Waals surface area contributed by atoms with Gasteiger partial charge in [-0.15, -0.1) is 0 Å². The minimum absolute atomic E-state index is 0.289. The monoisotopic (exact) mass is 240 g/mol. The summed E-state index contributed by atoms with van der Waals surface area (Å²) >= 11 is 1.71. The average molecular weight is 240 g/mol. The van der Waals surface area contributed by atoms with Gasteiger partial charge in [0.15, 0.2) is 0 Å². The zero-order chi connectivity index (χ0) is 11.4. The van der Waals surface area contributed by atoms with Gasteiger partial charge in [0.1, 0.15) is 6.26 Å². The summed E-state index contributed by atoms with van der Waals surface area (Å²) in [5.74, 6) is 0. The molecule has 1 aromatic rings. The molecular formula is C12H20N2OS. The Morgan fingerprint density at radius 3 is 2.75 bits per heavy atom. The fourth-order valence-electron chi connectivity index (χ4n) is 2.14. The van der Waals surface area contributed by atoms with Crippen molar-refractivity contribution >= 4 is 11.8 Å². The number of nitrogens with zero attached hydrogens (tertiary/aromatic N) is 1. The number of hydrogen-bond donors (Lipinski definition) is 1. The van der Waals surface area contributed by atoms with E-state index in [9.17, 15) is 0 Å². The summed E-state index contributed by atoms with van der Waals surface area (Å²) in [5, 5.41) is 1.25. The van der Waals surface area contributed by atoms with Crippen LogP contribution in [-0.2, 0) is 0 Å². The third kappa shape index (κ3) is 3.25. The molecule has 1 aliphatic rings. The van der Waals surface area contributed by atoms with E-state index in [0.29, 0.717) is 5.25 Å². The Hall–Kier alpha value is -0.480. The first-order valence-electron chi connectivity index (χ1n) is 6.10. The lowest BCUT2D eigenvalue weighted by Gasteiger charge is -2.24. The Bertz CT molecular complexity index is 327. The summed E-state index contributed by atoms with van der Waals surface area (Å²) in [5.41, 5.74) is 7.16. The molecule has 16 heavy (non-hydrogen) atoms. The molecule has 1 heterocycles. The maximum Gasteiger partial charge on any atom is 0.256 e. The van der Waals surface area contributed by atoms with Crippen LogP contribution in [0.5, 0.6) is 0 Å². The molecule has 0 bridgehead atoms. The topological polar surface area (TPSA) is 52.0 Å². The number of aromatic nitrogens is 1. The van der Waals surface area contributed by atoms with Gasteiger partial charge in [0.25, 0.3) is 5.22 Å². The molecule has 0 aliphatic heterocycles. The van der Waals surface area contributed by atoms with Crippen molar-refractivity contribution in [2.45, 2.75) is 62.0 Å². The van der Waals surface area contributed by atoms with Crippen molar-refractivity contribution in [3.63, 3.8) is 0 Å². The minimum Gasteiger partial charge on any atom is -0.440 e. The van der Waals surface area contributed by atoms with Crippen molar-refractivity contribution in [1.29, 1.82) is 0 Å². The van der Waals surface area contributed by atoms with Gasteiger partial charge < -0.3 is 10.2 Å². The van der Waals surface area contributed by atoms with Gasteiger partial charge in [0, 0.05) is 11.3 Å². The minimum atomic E-state index is 0.289. The van der Waals surface area contributed by atoms with Crippen LogP contribution in [-0.4, -0.2) is 16.3 Å². The lowest BCUT2D eigenvalue weighted by Crippen LogP contribution is -2.33. The van der Waals surface area contributed by atoms with Crippen LogP contribution in [0, 0.1) is 6.92 Å². The molecule has 90 valence electrons. The normalized spacial score (nSPS) is 27.4. The largest absolute Gasteiger partial charge is 0.440 e. The molecule has 0 radical (unpaired) electrons. The first kappa shape index (κ1) is 12.0. The van der Waals surface area contributed by atoms with Gasteiger partial charge >= 0.3 is 0 Å². The van der Waals surface area contributed by atoms with Crippen molar-refractivity contribution in [1.82, 2.24) is 4.98 Å². The first-order valence-corrected chi connectivity index (χ1v) is 6.98. The summed E-state index contributed by atoms with van der Waals surface area (Å²) in [6, 6.07) is 0.289. The van der Waals surface area contributed by atoms with Crippen LogP contribution in [0.1, 0.15) is 44.2 Å². The highest BCUT2D eigenvalue weighted by Gasteiger charge is 2.22. The van der Waals surface area contributed by atoms with E-state index in [1.807, 2.05) is 6.92 Å². The Morgan fingerprint density at radius 2 is 2.06 bits per heavy atom. The zero-order valence-electron chi connectivity index (χ0n) is 9.82. The molecule has 2 rings (SSSR count). The standard InChI is InChI=1S/C12H20N2OS/c1-9-8-15-12(14-9)16-11-7-5-3-2-4-6-10(11)13/h8,10-11H,2-7,13H2,1H3. The third-order valence-electron chi connectivity index (χ3n) is 3.10. The van der Waals surface area contributed by atoms with Crippen molar-refractivity contribution < 1.29 is 4.42 Å². The number of hydrogen-bond acceptors (Lipinski definition) is 4. The van der Waals surface area contributed by atoms with E-state index in [1.54, 1.807) is 18.0 Å². The molecule has 0 aromatic carbocycles. The lowest BCUT2D eigenvalue weighted by molar-refractivity contribution is 0.438. The van der Waals surface area contributed by atoms with Gasteiger partial charge in [-0.3, -0.25) is 0 Å². The second kappa shape index (κ2) is 5.73. The number of rotatable bonds is 2. The Morgan fingerprint density at radius 1 is 1.31 bits per heavy atom. The van der Waals surface area contributed by atoms with Crippen molar-refractivity contribution in [2.24, 2.45) is 5.73 Å². The van der Waals surface area contributed by atoms with E-state index in [1.165, 1.54) is 32.1 Å². The van der Waals surface area contributed by atoms with Gasteiger partial charge in [-0.2, -0.15) is 0 Å². The highest BCUT2D eigenvalue weighted by Crippen LogP contribution is 2.31. The average Bonchev–Trinajstić information content (AvgIpc) is 2.64. The Kier molecular flexibility index (Phi) is 4.29. The number of oxazole rings is 1. The maximum absolute atomic E-state index is 6.21. The van der Waals surface area contributed by atoms with E-state index < -0.39 is 0 Å². The fraction of sp³-hybridized carbons (Fsp3) is 0.750. The van der Waals surface area contributed by atoms with E-state index in [2.05, 4.69) is 4.98 Å². The summed E-state index contributed by atoms with van der Waals surface area (Å²) in [4.78, 5) is 4.33. The first-order chi connectivity index (χ1) is 7.75. The van der Waals surface area contributed by atoms with E-state index in [-0.39, 0.29) is 6.04 Å². The van der Waals surface area contributed by atoms with E-state index in [4.69, 9.17) is 10.2 Å². The molecule has 1 aliphatic carbocycles. The quantitative estimate of drug-likeness (QED) is 0.863. The van der Waals surface area contributed by atoms with Gasteiger partial charge in [-0.1, -0.05) is 37.4 Å². The number of thioether (sulfide) groups is 1. The van der Waals surface area contributed by atoms with Gasteiger partial charge in [-0.25, -0.2) is 4.98 Å². The van der Waals surface area contributed by atoms with E-state index in [0.717, 1.165) is 17.3 Å². The molecule has 1 saturated carbocycles. The van der Waals surface area contributed by atoms with Crippen molar-refractivity contribution in [2.75, 3.05) is 0 Å². The summed E-state index contributed by atoms with van der Waals surface area (Å²) in [7, 11) is 0. The van der Waals surface area contributed by atoms with Crippen LogP contribution in [0.2, 0.25) is 0 Å². The Labute approximate surface area is 101 Å². The fourth-order valence-corrected chi connectivity index (χ4v) is 3.30. The second-order valence-corrected chi connectivity index (χ2v) is 5.76. The van der Waals surface area contributed by atoms with Crippen LogP contribution in [0.4, 0.5) is 0 Å². The highest BCUT2D eigenvalue weighted by molar-refractivity contribution is 7.99. The summed E-state index contributed by atoms with van der Waals surface area (Å²) in [6.07, 6.45) is 9.26.